The van der Waals surface area contributed by atoms with E-state index in [0.717, 1.165) is 11.4 Å². The highest BCUT2D eigenvalue weighted by Gasteiger charge is 2.44. The summed E-state index contributed by atoms with van der Waals surface area (Å²) in [4.78, 5) is 15.7. The number of methoxy groups -OCH3 is 1. The number of amides is 1. The number of fused-ring (bicyclic) bond motifs is 3. The third-order valence-electron chi connectivity index (χ3n) is 4.62. The SMILES string of the molecule is CCC(=O)N(CCOC)c1ccc2c(c1)OC[C@@H]1[C@H](CN)OC(O)N21. The zero-order valence-corrected chi connectivity index (χ0v) is 14.6. The van der Waals surface area contributed by atoms with Crippen molar-refractivity contribution in [1.82, 2.24) is 0 Å². The van der Waals surface area contributed by atoms with Crippen LogP contribution in [0, 0.1) is 0 Å². The molecule has 0 radical (unpaired) electrons. The molecule has 1 amide bonds. The number of hydrogen-bond donors (Lipinski definition) is 2. The van der Waals surface area contributed by atoms with Crippen molar-refractivity contribution < 1.29 is 24.1 Å². The average molecular weight is 351 g/mol. The zero-order valence-electron chi connectivity index (χ0n) is 14.6. The molecule has 25 heavy (non-hydrogen) atoms. The van der Waals surface area contributed by atoms with Crippen LogP contribution in [0.15, 0.2) is 18.2 Å². The number of aliphatic hydroxyl groups is 1. The van der Waals surface area contributed by atoms with Gasteiger partial charge in [0.25, 0.3) is 0 Å². The summed E-state index contributed by atoms with van der Waals surface area (Å²) in [6.07, 6.45) is -0.919. The molecule has 8 nitrogen and oxygen atoms in total. The van der Waals surface area contributed by atoms with Crippen LogP contribution in [0.4, 0.5) is 11.4 Å². The van der Waals surface area contributed by atoms with Crippen molar-refractivity contribution in [2.24, 2.45) is 5.73 Å². The van der Waals surface area contributed by atoms with Crippen molar-refractivity contribution in [1.29, 1.82) is 0 Å². The summed E-state index contributed by atoms with van der Waals surface area (Å²) >= 11 is 0. The predicted molar refractivity (Wildman–Crippen MR) is 92.7 cm³/mol. The first kappa shape index (κ1) is 17.9. The van der Waals surface area contributed by atoms with Gasteiger partial charge in [-0.15, -0.1) is 0 Å². The molecule has 2 aliphatic heterocycles. The van der Waals surface area contributed by atoms with Gasteiger partial charge in [-0.3, -0.25) is 4.79 Å². The quantitative estimate of drug-likeness (QED) is 0.759. The van der Waals surface area contributed by atoms with E-state index < -0.39 is 6.41 Å². The Balaban J connectivity index is 1.89. The summed E-state index contributed by atoms with van der Waals surface area (Å²) in [6, 6.07) is 5.37. The number of rotatable bonds is 6. The van der Waals surface area contributed by atoms with E-state index >= 15 is 0 Å². The second kappa shape index (κ2) is 7.57. The van der Waals surface area contributed by atoms with Crippen molar-refractivity contribution in [3.63, 3.8) is 0 Å². The van der Waals surface area contributed by atoms with E-state index in [2.05, 4.69) is 0 Å². The van der Waals surface area contributed by atoms with Crippen LogP contribution in [-0.4, -0.2) is 63.0 Å². The van der Waals surface area contributed by atoms with E-state index in [1.165, 1.54) is 0 Å². The molecule has 8 heteroatoms. The number of aliphatic hydroxyl groups excluding tert-OH is 1. The van der Waals surface area contributed by atoms with Crippen LogP contribution >= 0.6 is 0 Å². The Hall–Kier alpha value is -1.87. The van der Waals surface area contributed by atoms with E-state index in [4.69, 9.17) is 19.9 Å². The summed E-state index contributed by atoms with van der Waals surface area (Å²) in [5.41, 5.74) is 7.18. The number of hydrogen-bond acceptors (Lipinski definition) is 7. The summed E-state index contributed by atoms with van der Waals surface area (Å²) in [5, 5.41) is 10.2. The topological polar surface area (TPSA) is 97.5 Å². The maximum atomic E-state index is 12.2. The van der Waals surface area contributed by atoms with Crippen LogP contribution in [0.25, 0.3) is 0 Å². The van der Waals surface area contributed by atoms with Crippen LogP contribution in [0.2, 0.25) is 0 Å². The van der Waals surface area contributed by atoms with Gasteiger partial charge in [-0.2, -0.15) is 0 Å². The van der Waals surface area contributed by atoms with Crippen molar-refractivity contribution in [3.05, 3.63) is 18.2 Å². The first-order valence-corrected chi connectivity index (χ1v) is 8.48. The fourth-order valence-electron chi connectivity index (χ4n) is 3.30. The van der Waals surface area contributed by atoms with Gasteiger partial charge in [-0.25, -0.2) is 0 Å². The lowest BCUT2D eigenvalue weighted by molar-refractivity contribution is -0.118. The molecule has 1 fully saturated rings. The Bertz CT molecular complexity index is 626. The highest BCUT2D eigenvalue weighted by molar-refractivity contribution is 5.93. The fourth-order valence-corrected chi connectivity index (χ4v) is 3.30. The molecule has 0 spiro atoms. The first-order valence-electron chi connectivity index (χ1n) is 8.48. The smallest absolute Gasteiger partial charge is 0.238 e. The monoisotopic (exact) mass is 351 g/mol. The van der Waals surface area contributed by atoms with Crippen LogP contribution in [-0.2, 0) is 14.3 Å². The van der Waals surface area contributed by atoms with Gasteiger partial charge in [0.2, 0.25) is 12.3 Å². The molecule has 1 aromatic carbocycles. The van der Waals surface area contributed by atoms with Gasteiger partial charge >= 0.3 is 0 Å². The Morgan fingerprint density at radius 2 is 2.32 bits per heavy atom. The molecule has 2 heterocycles. The number of benzene rings is 1. The summed E-state index contributed by atoms with van der Waals surface area (Å²) in [7, 11) is 1.60. The number of nitrogens with zero attached hydrogens (tertiary/aromatic N) is 2. The lowest BCUT2D eigenvalue weighted by Crippen LogP contribution is -2.47. The van der Waals surface area contributed by atoms with E-state index in [0.29, 0.717) is 38.5 Å². The minimum Gasteiger partial charge on any atom is -0.489 e. The molecule has 1 aromatic rings. The van der Waals surface area contributed by atoms with E-state index in [1.54, 1.807) is 16.9 Å². The Labute approximate surface area is 147 Å². The average Bonchev–Trinajstić information content (AvgIpc) is 2.97. The van der Waals surface area contributed by atoms with Crippen molar-refractivity contribution in [2.45, 2.75) is 31.9 Å². The molecule has 2 aliphatic rings. The second-order valence-corrected chi connectivity index (χ2v) is 6.07. The molecule has 0 bridgehead atoms. The molecule has 0 aliphatic carbocycles. The molecule has 3 atom stereocenters. The number of nitrogens with two attached hydrogens (primary N) is 1. The minimum absolute atomic E-state index is 0.0124. The highest BCUT2D eigenvalue weighted by atomic mass is 16.6. The van der Waals surface area contributed by atoms with Crippen LogP contribution < -0.4 is 20.3 Å². The first-order chi connectivity index (χ1) is 12.1. The standard InChI is InChI=1S/C17H25N3O5/c1-3-16(21)19(6-7-23-2)11-4-5-12-14(8-11)24-10-13-15(9-18)25-17(22)20(12)13/h4-5,8,13,15,17,22H,3,6-7,9-10,18H2,1-2H3/t13-,15+,17?/m1/s1. The number of carbonyl (C=O) groups is 1. The maximum Gasteiger partial charge on any atom is 0.238 e. The van der Waals surface area contributed by atoms with Gasteiger partial charge in [0.15, 0.2) is 0 Å². The molecule has 0 aromatic heterocycles. The largest absolute Gasteiger partial charge is 0.489 e. The number of anilines is 2. The van der Waals surface area contributed by atoms with Crippen LogP contribution in [0.3, 0.4) is 0 Å². The Morgan fingerprint density at radius 1 is 1.52 bits per heavy atom. The molecule has 1 unspecified atom stereocenters. The summed E-state index contributed by atoms with van der Waals surface area (Å²) < 4.78 is 16.5. The Morgan fingerprint density at radius 3 is 3.00 bits per heavy atom. The summed E-state index contributed by atoms with van der Waals surface area (Å²) in [5.74, 6) is 0.624. The fraction of sp³-hybridized carbons (Fsp3) is 0.588. The van der Waals surface area contributed by atoms with Crippen LogP contribution in [0.5, 0.6) is 5.75 Å². The molecule has 3 rings (SSSR count). The van der Waals surface area contributed by atoms with E-state index in [-0.39, 0.29) is 18.1 Å². The lowest BCUT2D eigenvalue weighted by Gasteiger charge is -2.35. The zero-order chi connectivity index (χ0) is 18.0. The predicted octanol–water partition coefficient (Wildman–Crippen LogP) is 0.277. The van der Waals surface area contributed by atoms with Crippen molar-refractivity contribution >= 4 is 17.3 Å². The molecular weight excluding hydrogens is 326 g/mol. The van der Waals surface area contributed by atoms with Crippen molar-refractivity contribution in [2.75, 3.05) is 43.2 Å². The van der Waals surface area contributed by atoms with Gasteiger partial charge < -0.3 is 34.9 Å². The van der Waals surface area contributed by atoms with Crippen LogP contribution in [0.1, 0.15) is 13.3 Å². The van der Waals surface area contributed by atoms with Crippen molar-refractivity contribution in [3.8, 4) is 5.75 Å². The number of carbonyl (C=O) groups excluding carboxylic acids is 1. The third-order valence-corrected chi connectivity index (χ3v) is 4.62. The second-order valence-electron chi connectivity index (χ2n) is 6.07. The molecular formula is C17H25N3O5. The van der Waals surface area contributed by atoms with E-state index in [9.17, 15) is 9.90 Å². The highest BCUT2D eigenvalue weighted by Crippen LogP contribution is 2.41. The molecule has 1 saturated heterocycles. The normalized spacial score (nSPS) is 24.5. The van der Waals surface area contributed by atoms with Gasteiger partial charge in [-0.1, -0.05) is 6.92 Å². The molecule has 0 saturated carbocycles. The molecule has 138 valence electrons. The van der Waals surface area contributed by atoms with E-state index in [1.807, 2.05) is 25.1 Å². The maximum absolute atomic E-state index is 12.2. The van der Waals surface area contributed by atoms with Gasteiger partial charge in [0.1, 0.15) is 12.4 Å². The van der Waals surface area contributed by atoms with Gasteiger partial charge in [0, 0.05) is 38.4 Å². The Kier molecular flexibility index (Phi) is 5.43. The number of ether oxygens (including phenoxy) is 3. The van der Waals surface area contributed by atoms with Gasteiger partial charge in [-0.05, 0) is 12.1 Å². The third kappa shape index (κ3) is 3.30. The molecule has 3 N–H and O–H groups in total. The summed E-state index contributed by atoms with van der Waals surface area (Å²) in [6.45, 7) is 3.42. The minimum atomic E-state index is -1.05. The van der Waals surface area contributed by atoms with Gasteiger partial charge in [0.05, 0.1) is 24.4 Å². The lowest BCUT2D eigenvalue weighted by atomic mass is 10.1.